The first-order valence-corrected chi connectivity index (χ1v) is 10.9. The molecule has 1 heterocycles. The Labute approximate surface area is 201 Å². The Morgan fingerprint density at radius 3 is 2.63 bits per heavy atom. The molecule has 0 aromatic heterocycles. The molecule has 3 amide bonds. The van der Waals surface area contributed by atoms with Gasteiger partial charge in [-0.25, -0.2) is 4.79 Å². The van der Waals surface area contributed by atoms with E-state index in [0.717, 1.165) is 17.7 Å². The molecular formula is C24H26F3N5O3. The van der Waals surface area contributed by atoms with Gasteiger partial charge in [0, 0.05) is 38.1 Å². The zero-order valence-electron chi connectivity index (χ0n) is 19.4. The van der Waals surface area contributed by atoms with Crippen molar-refractivity contribution in [1.82, 2.24) is 10.2 Å². The second-order valence-corrected chi connectivity index (χ2v) is 8.08. The van der Waals surface area contributed by atoms with Gasteiger partial charge in [0.15, 0.2) is 0 Å². The molecule has 3 rings (SSSR count). The minimum atomic E-state index is -4.73. The van der Waals surface area contributed by atoms with Crippen LogP contribution in [0.2, 0.25) is 0 Å². The summed E-state index contributed by atoms with van der Waals surface area (Å²) in [6.07, 6.45) is -4.73. The standard InChI is InChI=1S/C24H26F3N5O3/c1-16-4-3-5-18(12-16)30-23(34)31-9-10-32(21(15-31)22(33)29-8-11-35-2)19-7-6-17(14-28)20(13-19)24(25,26)27/h3-7,12-13,21H,8-11,15H2,1-2H3,(H,29,33)(H,30,34). The van der Waals surface area contributed by atoms with Crippen LogP contribution in [0, 0.1) is 18.3 Å². The number of halogens is 3. The number of nitriles is 1. The fourth-order valence-corrected chi connectivity index (χ4v) is 3.86. The zero-order chi connectivity index (χ0) is 25.6. The van der Waals surface area contributed by atoms with Crippen LogP contribution in [0.25, 0.3) is 0 Å². The number of nitrogens with zero attached hydrogens (tertiary/aromatic N) is 3. The third-order valence-electron chi connectivity index (χ3n) is 5.61. The van der Waals surface area contributed by atoms with Crippen LogP contribution in [0.4, 0.5) is 29.3 Å². The van der Waals surface area contributed by atoms with Gasteiger partial charge in [0.2, 0.25) is 5.91 Å². The minimum absolute atomic E-state index is 0.0438. The topological polar surface area (TPSA) is 97.7 Å². The molecule has 1 atom stereocenters. The Hall–Kier alpha value is -3.78. The van der Waals surface area contributed by atoms with E-state index >= 15 is 0 Å². The normalized spacial score (nSPS) is 15.9. The summed E-state index contributed by atoms with van der Waals surface area (Å²) >= 11 is 0. The van der Waals surface area contributed by atoms with Crippen LogP contribution >= 0.6 is 0 Å². The summed E-state index contributed by atoms with van der Waals surface area (Å²) in [5, 5.41) is 14.6. The van der Waals surface area contributed by atoms with Gasteiger partial charge < -0.3 is 25.2 Å². The number of rotatable bonds is 6. The first-order valence-electron chi connectivity index (χ1n) is 10.9. The summed E-state index contributed by atoms with van der Waals surface area (Å²) in [7, 11) is 1.48. The third-order valence-corrected chi connectivity index (χ3v) is 5.61. The van der Waals surface area contributed by atoms with E-state index in [1.807, 2.05) is 13.0 Å². The molecule has 1 aliphatic rings. The summed E-state index contributed by atoms with van der Waals surface area (Å²) in [4.78, 5) is 28.8. The van der Waals surface area contributed by atoms with E-state index in [1.54, 1.807) is 24.3 Å². The van der Waals surface area contributed by atoms with Crippen LogP contribution in [0.5, 0.6) is 0 Å². The van der Waals surface area contributed by atoms with Crippen molar-refractivity contribution in [2.45, 2.75) is 19.1 Å². The van der Waals surface area contributed by atoms with Crippen LogP contribution in [0.1, 0.15) is 16.7 Å². The number of nitrogens with one attached hydrogen (secondary N) is 2. The molecule has 1 fully saturated rings. The third kappa shape index (κ3) is 6.42. The number of amides is 3. The summed E-state index contributed by atoms with van der Waals surface area (Å²) < 4.78 is 45.5. The van der Waals surface area contributed by atoms with Crippen LogP contribution in [-0.2, 0) is 15.7 Å². The van der Waals surface area contributed by atoms with E-state index in [4.69, 9.17) is 10.00 Å². The Kier molecular flexibility index (Phi) is 8.19. The molecule has 0 radical (unpaired) electrons. The molecule has 0 saturated carbocycles. The zero-order valence-corrected chi connectivity index (χ0v) is 19.4. The lowest BCUT2D eigenvalue weighted by molar-refractivity contribution is -0.137. The number of benzene rings is 2. The molecule has 1 saturated heterocycles. The molecule has 8 nitrogen and oxygen atoms in total. The number of hydrogen-bond donors (Lipinski definition) is 2. The number of urea groups is 1. The van der Waals surface area contributed by atoms with Crippen molar-refractivity contribution in [2.24, 2.45) is 0 Å². The van der Waals surface area contributed by atoms with Gasteiger partial charge in [-0.2, -0.15) is 18.4 Å². The number of alkyl halides is 3. The average Bonchev–Trinajstić information content (AvgIpc) is 2.82. The monoisotopic (exact) mass is 489 g/mol. The van der Waals surface area contributed by atoms with Crippen molar-refractivity contribution in [3.8, 4) is 6.07 Å². The van der Waals surface area contributed by atoms with Crippen molar-refractivity contribution in [3.63, 3.8) is 0 Å². The van der Waals surface area contributed by atoms with Gasteiger partial charge in [-0.3, -0.25) is 4.79 Å². The van der Waals surface area contributed by atoms with E-state index in [2.05, 4.69) is 10.6 Å². The SMILES string of the molecule is COCCNC(=O)C1CN(C(=O)Nc2cccc(C)c2)CCN1c1ccc(C#N)c(C(F)(F)F)c1. The number of anilines is 2. The minimum Gasteiger partial charge on any atom is -0.383 e. The van der Waals surface area contributed by atoms with E-state index in [0.29, 0.717) is 5.69 Å². The number of aryl methyl sites for hydroxylation is 1. The first kappa shape index (κ1) is 25.8. The van der Waals surface area contributed by atoms with Crippen molar-refractivity contribution < 1.29 is 27.5 Å². The molecule has 11 heteroatoms. The van der Waals surface area contributed by atoms with E-state index in [-0.39, 0.29) is 38.5 Å². The maximum absolute atomic E-state index is 13.5. The van der Waals surface area contributed by atoms with E-state index in [9.17, 15) is 22.8 Å². The molecule has 0 aliphatic carbocycles. The summed E-state index contributed by atoms with van der Waals surface area (Å²) in [5.74, 6) is -0.451. The molecule has 2 aromatic rings. The molecule has 1 unspecified atom stereocenters. The predicted molar refractivity (Wildman–Crippen MR) is 124 cm³/mol. The highest BCUT2D eigenvalue weighted by Crippen LogP contribution is 2.35. The van der Waals surface area contributed by atoms with Gasteiger partial charge in [0.1, 0.15) is 6.04 Å². The smallest absolute Gasteiger partial charge is 0.383 e. The maximum Gasteiger partial charge on any atom is 0.417 e. The summed E-state index contributed by atoms with van der Waals surface area (Å²) in [5.41, 5.74) is 0.126. The van der Waals surface area contributed by atoms with Gasteiger partial charge in [-0.15, -0.1) is 0 Å². The number of hydrogen-bond acceptors (Lipinski definition) is 5. The molecular weight excluding hydrogens is 463 g/mol. The fourth-order valence-electron chi connectivity index (χ4n) is 3.86. The molecule has 2 aromatic carbocycles. The van der Waals surface area contributed by atoms with Gasteiger partial charge in [-0.1, -0.05) is 12.1 Å². The van der Waals surface area contributed by atoms with Crippen molar-refractivity contribution in [2.75, 3.05) is 50.1 Å². The highest BCUT2D eigenvalue weighted by molar-refractivity contribution is 5.91. The molecule has 0 bridgehead atoms. The molecule has 1 aliphatic heterocycles. The number of piperazine rings is 1. The van der Waals surface area contributed by atoms with Gasteiger partial charge >= 0.3 is 12.2 Å². The quantitative estimate of drug-likeness (QED) is 0.607. The molecule has 35 heavy (non-hydrogen) atoms. The average molecular weight is 489 g/mol. The number of ether oxygens (including phenoxy) is 1. The summed E-state index contributed by atoms with van der Waals surface area (Å²) in [6, 6.07) is 10.8. The Bertz CT molecular complexity index is 1120. The van der Waals surface area contributed by atoms with Gasteiger partial charge in [-0.05, 0) is 42.8 Å². The highest BCUT2D eigenvalue weighted by atomic mass is 19.4. The lowest BCUT2D eigenvalue weighted by atomic mass is 10.0. The van der Waals surface area contributed by atoms with E-state index < -0.39 is 35.3 Å². The number of carbonyl (C=O) groups excluding carboxylic acids is 2. The molecule has 2 N–H and O–H groups in total. The van der Waals surface area contributed by atoms with E-state index in [1.165, 1.54) is 23.0 Å². The fraction of sp³-hybridized carbons (Fsp3) is 0.375. The van der Waals surface area contributed by atoms with Crippen molar-refractivity contribution in [3.05, 3.63) is 59.2 Å². The Balaban J connectivity index is 1.86. The highest BCUT2D eigenvalue weighted by Gasteiger charge is 2.38. The van der Waals surface area contributed by atoms with Crippen LogP contribution in [0.15, 0.2) is 42.5 Å². The summed E-state index contributed by atoms with van der Waals surface area (Å²) in [6.45, 7) is 2.61. The van der Waals surface area contributed by atoms with Crippen LogP contribution in [0.3, 0.4) is 0 Å². The first-order chi connectivity index (χ1) is 16.6. The Morgan fingerprint density at radius 1 is 1.20 bits per heavy atom. The lowest BCUT2D eigenvalue weighted by Crippen LogP contribution is -2.61. The van der Waals surface area contributed by atoms with Gasteiger partial charge in [0.05, 0.1) is 30.3 Å². The second-order valence-electron chi connectivity index (χ2n) is 8.08. The van der Waals surface area contributed by atoms with Gasteiger partial charge in [0.25, 0.3) is 0 Å². The second kappa shape index (κ2) is 11.1. The van der Waals surface area contributed by atoms with Crippen LogP contribution < -0.4 is 15.5 Å². The molecule has 0 spiro atoms. The largest absolute Gasteiger partial charge is 0.417 e. The lowest BCUT2D eigenvalue weighted by Gasteiger charge is -2.42. The maximum atomic E-state index is 13.5. The van der Waals surface area contributed by atoms with Crippen LogP contribution in [-0.4, -0.2) is 62.8 Å². The Morgan fingerprint density at radius 2 is 1.97 bits per heavy atom. The number of methoxy groups -OCH3 is 1. The van der Waals surface area contributed by atoms with Crippen molar-refractivity contribution in [1.29, 1.82) is 5.26 Å². The number of carbonyl (C=O) groups is 2. The molecule has 186 valence electrons. The van der Waals surface area contributed by atoms with Crippen molar-refractivity contribution >= 4 is 23.3 Å². The predicted octanol–water partition coefficient (Wildman–Crippen LogP) is 3.37.